The van der Waals surface area contributed by atoms with E-state index in [1.807, 2.05) is 86.0 Å². The predicted octanol–water partition coefficient (Wildman–Crippen LogP) is 4.50. The first-order chi connectivity index (χ1) is 16.4. The van der Waals surface area contributed by atoms with Gasteiger partial charge in [0.05, 0.1) is 11.2 Å². The molecule has 0 aliphatic carbocycles. The fourth-order valence-electron chi connectivity index (χ4n) is 4.07. The minimum absolute atomic E-state index is 0.196. The van der Waals surface area contributed by atoms with E-state index in [0.29, 0.717) is 23.6 Å². The van der Waals surface area contributed by atoms with E-state index >= 15 is 0 Å². The van der Waals surface area contributed by atoms with Gasteiger partial charge in [-0.05, 0) is 61.4 Å². The molecular formula is C26H25N5O2S. The second kappa shape index (κ2) is 8.96. The molecule has 1 atom stereocenters. The molecule has 1 saturated heterocycles. The van der Waals surface area contributed by atoms with Crippen LogP contribution in [0.3, 0.4) is 0 Å². The number of anilines is 2. The van der Waals surface area contributed by atoms with Crippen LogP contribution in [0.2, 0.25) is 0 Å². The van der Waals surface area contributed by atoms with E-state index < -0.39 is 11.2 Å². The van der Waals surface area contributed by atoms with Gasteiger partial charge in [0.1, 0.15) is 0 Å². The topological polar surface area (TPSA) is 78.4 Å². The summed E-state index contributed by atoms with van der Waals surface area (Å²) in [5.74, 6) is 0.425. The van der Waals surface area contributed by atoms with E-state index in [-0.39, 0.29) is 5.91 Å². The lowest BCUT2D eigenvalue weighted by Gasteiger charge is -2.18. The molecule has 5 rings (SSSR count). The van der Waals surface area contributed by atoms with Gasteiger partial charge in [-0.1, -0.05) is 24.3 Å². The predicted molar refractivity (Wildman–Crippen MR) is 137 cm³/mol. The zero-order chi connectivity index (χ0) is 23.8. The van der Waals surface area contributed by atoms with E-state index in [2.05, 4.69) is 10.3 Å². The second-order valence-electron chi connectivity index (χ2n) is 8.42. The summed E-state index contributed by atoms with van der Waals surface area (Å²) < 4.78 is 16.0. The molecule has 172 valence electrons. The molecule has 7 nitrogen and oxygen atoms in total. The maximum absolute atomic E-state index is 13.1. The molecule has 0 radical (unpaired) electrons. The lowest BCUT2D eigenvalue weighted by molar-refractivity contribution is 0.102. The molecule has 1 amide bonds. The minimum atomic E-state index is -1.19. The molecule has 8 heteroatoms. The van der Waals surface area contributed by atoms with Gasteiger partial charge >= 0.3 is 0 Å². The van der Waals surface area contributed by atoms with Crippen LogP contribution < -0.4 is 9.62 Å². The number of carbonyl (C=O) groups is 1. The molecule has 1 aromatic heterocycles. The van der Waals surface area contributed by atoms with Crippen LogP contribution in [0.4, 0.5) is 11.4 Å². The Hall–Kier alpha value is -3.62. The average molecular weight is 472 g/mol. The summed E-state index contributed by atoms with van der Waals surface area (Å²) in [6.45, 7) is 5.33. The lowest BCUT2D eigenvalue weighted by atomic mass is 10.1. The van der Waals surface area contributed by atoms with Gasteiger partial charge in [-0.3, -0.25) is 9.10 Å². The molecule has 1 fully saturated rings. The third kappa shape index (κ3) is 4.18. The number of aromatic nitrogens is 2. The number of nitrogens with one attached hydrogen (secondary N) is 1. The Labute approximate surface area is 201 Å². The number of para-hydroxylation sites is 1. The summed E-state index contributed by atoms with van der Waals surface area (Å²) in [6, 6.07) is 19.2. The van der Waals surface area contributed by atoms with Crippen LogP contribution in [-0.2, 0) is 11.2 Å². The van der Waals surface area contributed by atoms with Crippen molar-refractivity contribution in [3.05, 3.63) is 83.6 Å². The molecule has 1 unspecified atom stereocenters. The number of aryl methyl sites for hydroxylation is 2. The quantitative estimate of drug-likeness (QED) is 0.476. The number of fused-ring (bicyclic) bond motifs is 1. The van der Waals surface area contributed by atoms with E-state index in [4.69, 9.17) is 4.98 Å². The fourth-order valence-corrected chi connectivity index (χ4v) is 5.18. The molecule has 1 aliphatic rings. The number of rotatable bonds is 4. The number of carbonyl (C=O) groups excluding carboxylic acids is 1. The maximum Gasteiger partial charge on any atom is 0.255 e. The Morgan fingerprint density at radius 2 is 1.82 bits per heavy atom. The Balaban J connectivity index is 1.39. The zero-order valence-corrected chi connectivity index (χ0v) is 20.1. The number of hydrogen-bond donors (Lipinski definition) is 1. The highest BCUT2D eigenvalue weighted by Gasteiger charge is 2.26. The highest BCUT2D eigenvalue weighted by atomic mass is 32.2. The van der Waals surface area contributed by atoms with E-state index in [1.54, 1.807) is 10.4 Å². The van der Waals surface area contributed by atoms with Gasteiger partial charge in [0.25, 0.3) is 5.91 Å². The van der Waals surface area contributed by atoms with E-state index in [0.717, 1.165) is 39.8 Å². The fraction of sp³-hybridized carbons (Fsp3) is 0.192. The molecule has 1 aliphatic heterocycles. The van der Waals surface area contributed by atoms with Crippen molar-refractivity contribution in [1.29, 1.82) is 0 Å². The minimum Gasteiger partial charge on any atom is -0.322 e. The third-order valence-electron chi connectivity index (χ3n) is 6.04. The number of benzene rings is 3. The molecule has 4 aromatic rings. The number of nitrogens with zero attached hydrogens (tertiary/aromatic N) is 4. The van der Waals surface area contributed by atoms with Crippen molar-refractivity contribution in [2.75, 3.05) is 29.8 Å². The average Bonchev–Trinajstić information content (AvgIpc) is 3.18. The second-order valence-corrected chi connectivity index (χ2v) is 9.95. The first-order valence-corrected chi connectivity index (χ1v) is 12.1. The van der Waals surface area contributed by atoms with Gasteiger partial charge in [0.2, 0.25) is 0 Å². The molecular weight excluding hydrogens is 446 g/mol. The standard InChI is InChI=1S/C26H25N5O2S/c1-17-8-9-20(15-23(17)25-27-16-19-6-4-5-7-24(19)29-25)28-26(32)22-11-10-21(14-18(22)2)31-13-12-30(3)34(31)33/h4-11,14-16H,12-13H2,1-3H3,(H,28,32). The molecule has 0 saturated carbocycles. The SMILES string of the molecule is Cc1cc(N2CCN(C)S2=O)ccc1C(=O)Nc1ccc(C)c(-c2ncc3ccccc3n2)c1. The van der Waals surface area contributed by atoms with Crippen LogP contribution in [-0.4, -0.2) is 44.5 Å². The molecule has 0 spiro atoms. The van der Waals surface area contributed by atoms with Gasteiger partial charge in [0.15, 0.2) is 17.0 Å². The van der Waals surface area contributed by atoms with Crippen LogP contribution in [0.5, 0.6) is 0 Å². The molecule has 1 N–H and O–H groups in total. The van der Waals surface area contributed by atoms with Gasteiger partial charge < -0.3 is 5.32 Å². The maximum atomic E-state index is 13.1. The van der Waals surface area contributed by atoms with Crippen molar-refractivity contribution < 1.29 is 9.00 Å². The monoisotopic (exact) mass is 471 g/mol. The molecule has 3 aromatic carbocycles. The van der Waals surface area contributed by atoms with Crippen LogP contribution in [0.25, 0.3) is 22.3 Å². The Morgan fingerprint density at radius 1 is 1.00 bits per heavy atom. The molecule has 2 heterocycles. The van der Waals surface area contributed by atoms with Crippen molar-refractivity contribution >= 4 is 39.4 Å². The van der Waals surface area contributed by atoms with Gasteiger partial charge in [-0.2, -0.15) is 0 Å². The summed E-state index contributed by atoms with van der Waals surface area (Å²) in [5, 5.41) is 3.99. The summed E-state index contributed by atoms with van der Waals surface area (Å²) in [7, 11) is 1.84. The third-order valence-corrected chi connectivity index (χ3v) is 7.53. The first-order valence-electron chi connectivity index (χ1n) is 11.1. The van der Waals surface area contributed by atoms with Crippen LogP contribution in [0.1, 0.15) is 21.5 Å². The van der Waals surface area contributed by atoms with Crippen molar-refractivity contribution in [2.24, 2.45) is 0 Å². The van der Waals surface area contributed by atoms with Gasteiger partial charge in [-0.25, -0.2) is 18.5 Å². The Kier molecular flexibility index (Phi) is 5.85. The van der Waals surface area contributed by atoms with Crippen LogP contribution in [0.15, 0.2) is 66.9 Å². The Bertz CT molecular complexity index is 1440. The van der Waals surface area contributed by atoms with Crippen molar-refractivity contribution in [1.82, 2.24) is 14.3 Å². The Morgan fingerprint density at radius 3 is 2.59 bits per heavy atom. The van der Waals surface area contributed by atoms with Crippen molar-refractivity contribution in [3.63, 3.8) is 0 Å². The summed E-state index contributed by atoms with van der Waals surface area (Å²) in [6.07, 6.45) is 1.82. The van der Waals surface area contributed by atoms with Crippen LogP contribution in [0, 0.1) is 13.8 Å². The highest BCUT2D eigenvalue weighted by molar-refractivity contribution is 7.84. The van der Waals surface area contributed by atoms with E-state index in [1.165, 1.54) is 0 Å². The smallest absolute Gasteiger partial charge is 0.255 e. The van der Waals surface area contributed by atoms with E-state index in [9.17, 15) is 9.00 Å². The number of likely N-dealkylation sites (N-methyl/N-ethyl adjacent to an activating group) is 1. The molecule has 34 heavy (non-hydrogen) atoms. The number of hydrogen-bond acceptors (Lipinski definition) is 4. The first kappa shape index (κ1) is 22.2. The van der Waals surface area contributed by atoms with Gasteiger partial charge in [-0.15, -0.1) is 0 Å². The zero-order valence-electron chi connectivity index (χ0n) is 19.3. The summed E-state index contributed by atoms with van der Waals surface area (Å²) in [4.78, 5) is 22.3. The van der Waals surface area contributed by atoms with Crippen LogP contribution >= 0.6 is 0 Å². The molecule has 0 bridgehead atoms. The van der Waals surface area contributed by atoms with Crippen molar-refractivity contribution in [2.45, 2.75) is 13.8 Å². The highest BCUT2D eigenvalue weighted by Crippen LogP contribution is 2.27. The summed E-state index contributed by atoms with van der Waals surface area (Å²) in [5.41, 5.74) is 5.70. The largest absolute Gasteiger partial charge is 0.322 e. The lowest BCUT2D eigenvalue weighted by Crippen LogP contribution is -2.24. The number of amides is 1. The summed E-state index contributed by atoms with van der Waals surface area (Å²) >= 11 is -1.19. The van der Waals surface area contributed by atoms with Gasteiger partial charge in [0, 0.05) is 48.5 Å². The van der Waals surface area contributed by atoms with Crippen molar-refractivity contribution in [3.8, 4) is 11.4 Å². The normalized spacial score (nSPS) is 16.2.